The molecule has 0 spiro atoms. The second kappa shape index (κ2) is 6.15. The van der Waals surface area contributed by atoms with Crippen molar-refractivity contribution >= 4 is 12.0 Å². The Balaban J connectivity index is 2.29. The Kier molecular flexibility index (Phi) is 4.82. The van der Waals surface area contributed by atoms with Gasteiger partial charge in [0.2, 0.25) is 0 Å². The molecule has 1 aliphatic carbocycles. The Morgan fingerprint density at radius 2 is 1.88 bits per heavy atom. The van der Waals surface area contributed by atoms with Crippen molar-refractivity contribution in [1.82, 2.24) is 10.6 Å². The van der Waals surface area contributed by atoms with Crippen LogP contribution in [0.3, 0.4) is 0 Å². The largest absolute Gasteiger partial charge is 0.464 e. The molecule has 1 fully saturated rings. The van der Waals surface area contributed by atoms with E-state index in [0.29, 0.717) is 0 Å². The van der Waals surface area contributed by atoms with Crippen LogP contribution in [0.1, 0.15) is 32.1 Å². The van der Waals surface area contributed by atoms with Gasteiger partial charge in [0.05, 0.1) is 7.11 Å². The standard InChI is InChI=1S/C11H18N2O3/c1-8(10(14)16-2)12-11(15)13-9-6-4-3-5-7-9/h9H,1,3-7H2,2H3,(H2,12,13,15). The van der Waals surface area contributed by atoms with Crippen LogP contribution in [0.4, 0.5) is 4.79 Å². The minimum absolute atomic E-state index is 0.0455. The molecule has 0 atom stereocenters. The molecule has 16 heavy (non-hydrogen) atoms. The number of nitrogens with one attached hydrogen (secondary N) is 2. The van der Waals surface area contributed by atoms with E-state index in [2.05, 4.69) is 21.9 Å². The van der Waals surface area contributed by atoms with Gasteiger partial charge >= 0.3 is 12.0 Å². The molecule has 0 aliphatic heterocycles. The third-order valence-electron chi connectivity index (χ3n) is 2.64. The molecule has 0 aromatic carbocycles. The average Bonchev–Trinajstić information content (AvgIpc) is 2.29. The van der Waals surface area contributed by atoms with Crippen molar-refractivity contribution in [2.75, 3.05) is 7.11 Å². The summed E-state index contributed by atoms with van der Waals surface area (Å²) in [6.07, 6.45) is 5.51. The van der Waals surface area contributed by atoms with Gasteiger partial charge in [0.25, 0.3) is 0 Å². The Labute approximate surface area is 95.2 Å². The van der Waals surface area contributed by atoms with Crippen LogP contribution < -0.4 is 10.6 Å². The summed E-state index contributed by atoms with van der Waals surface area (Å²) in [7, 11) is 1.24. The molecule has 0 aromatic rings. The normalized spacial score (nSPS) is 16.3. The minimum Gasteiger partial charge on any atom is -0.464 e. The number of urea groups is 1. The van der Waals surface area contributed by atoms with Crippen LogP contribution in [0.15, 0.2) is 12.3 Å². The second-order valence-corrected chi connectivity index (χ2v) is 3.90. The number of amides is 2. The molecule has 5 heteroatoms. The van der Waals surface area contributed by atoms with Crippen LogP contribution in [0, 0.1) is 0 Å². The number of hydrogen-bond acceptors (Lipinski definition) is 3. The Hall–Kier alpha value is -1.52. The van der Waals surface area contributed by atoms with Crippen LogP contribution in [0.5, 0.6) is 0 Å². The van der Waals surface area contributed by atoms with E-state index in [1.54, 1.807) is 0 Å². The molecule has 90 valence electrons. The zero-order valence-corrected chi connectivity index (χ0v) is 9.54. The highest BCUT2D eigenvalue weighted by atomic mass is 16.5. The summed E-state index contributed by atoms with van der Waals surface area (Å²) in [5.41, 5.74) is -0.0455. The van der Waals surface area contributed by atoms with E-state index in [0.717, 1.165) is 25.7 Å². The smallest absolute Gasteiger partial charge is 0.353 e. The molecule has 0 radical (unpaired) electrons. The number of esters is 1. The number of ether oxygens (including phenoxy) is 1. The lowest BCUT2D eigenvalue weighted by Crippen LogP contribution is -2.43. The van der Waals surface area contributed by atoms with Crippen molar-refractivity contribution in [3.05, 3.63) is 12.3 Å². The van der Waals surface area contributed by atoms with Gasteiger partial charge in [0.1, 0.15) is 5.70 Å². The summed E-state index contributed by atoms with van der Waals surface area (Å²) < 4.78 is 4.42. The summed E-state index contributed by atoms with van der Waals surface area (Å²) >= 11 is 0. The van der Waals surface area contributed by atoms with Gasteiger partial charge in [0.15, 0.2) is 0 Å². The molecule has 2 amide bonds. The third kappa shape index (κ3) is 3.92. The predicted octanol–water partition coefficient (Wildman–Crippen LogP) is 1.30. The van der Waals surface area contributed by atoms with E-state index in [4.69, 9.17) is 0 Å². The zero-order valence-electron chi connectivity index (χ0n) is 9.54. The summed E-state index contributed by atoms with van der Waals surface area (Å²) in [6.45, 7) is 3.41. The van der Waals surface area contributed by atoms with Crippen LogP contribution in [0.2, 0.25) is 0 Å². The second-order valence-electron chi connectivity index (χ2n) is 3.90. The van der Waals surface area contributed by atoms with Gasteiger partial charge in [-0.25, -0.2) is 9.59 Å². The van der Waals surface area contributed by atoms with E-state index in [1.807, 2.05) is 0 Å². The van der Waals surface area contributed by atoms with Gasteiger partial charge in [-0.1, -0.05) is 25.8 Å². The highest BCUT2D eigenvalue weighted by molar-refractivity contribution is 5.92. The zero-order chi connectivity index (χ0) is 12.0. The van der Waals surface area contributed by atoms with Crippen molar-refractivity contribution in [2.45, 2.75) is 38.1 Å². The summed E-state index contributed by atoms with van der Waals surface area (Å²) in [4.78, 5) is 22.4. The van der Waals surface area contributed by atoms with Gasteiger partial charge < -0.3 is 15.4 Å². The number of hydrogen-bond donors (Lipinski definition) is 2. The van der Waals surface area contributed by atoms with Crippen molar-refractivity contribution in [3.63, 3.8) is 0 Å². The van der Waals surface area contributed by atoms with Gasteiger partial charge in [-0.05, 0) is 12.8 Å². The lowest BCUT2D eigenvalue weighted by molar-refractivity contribution is -0.136. The van der Waals surface area contributed by atoms with Gasteiger partial charge in [-0.3, -0.25) is 0 Å². The van der Waals surface area contributed by atoms with E-state index in [9.17, 15) is 9.59 Å². The third-order valence-corrected chi connectivity index (χ3v) is 2.64. The number of methoxy groups -OCH3 is 1. The molecule has 0 saturated heterocycles. The molecule has 2 N–H and O–H groups in total. The summed E-state index contributed by atoms with van der Waals surface area (Å²) in [5.74, 6) is -0.626. The maximum atomic E-state index is 11.5. The maximum Gasteiger partial charge on any atom is 0.353 e. The van der Waals surface area contributed by atoms with Gasteiger partial charge in [0, 0.05) is 6.04 Å². The van der Waals surface area contributed by atoms with E-state index in [1.165, 1.54) is 13.5 Å². The average molecular weight is 226 g/mol. The number of rotatable bonds is 3. The van der Waals surface area contributed by atoms with Crippen LogP contribution in [0.25, 0.3) is 0 Å². The quantitative estimate of drug-likeness (QED) is 0.563. The van der Waals surface area contributed by atoms with Crippen molar-refractivity contribution < 1.29 is 14.3 Å². The van der Waals surface area contributed by atoms with Crippen LogP contribution >= 0.6 is 0 Å². The highest BCUT2D eigenvalue weighted by Crippen LogP contribution is 2.17. The molecule has 0 bridgehead atoms. The summed E-state index contributed by atoms with van der Waals surface area (Å²) in [6, 6.07) is -0.179. The van der Waals surface area contributed by atoms with Gasteiger partial charge in [-0.15, -0.1) is 0 Å². The highest BCUT2D eigenvalue weighted by Gasteiger charge is 2.17. The van der Waals surface area contributed by atoms with E-state index >= 15 is 0 Å². The first-order chi connectivity index (χ1) is 7.63. The van der Waals surface area contributed by atoms with E-state index < -0.39 is 5.97 Å². The molecular weight excluding hydrogens is 208 g/mol. The molecule has 1 rings (SSSR count). The fraction of sp³-hybridized carbons (Fsp3) is 0.636. The van der Waals surface area contributed by atoms with Crippen molar-refractivity contribution in [3.8, 4) is 0 Å². The Morgan fingerprint density at radius 1 is 1.25 bits per heavy atom. The lowest BCUT2D eigenvalue weighted by atomic mass is 9.96. The Morgan fingerprint density at radius 3 is 2.44 bits per heavy atom. The SMILES string of the molecule is C=C(NC(=O)NC1CCCCC1)C(=O)OC. The monoisotopic (exact) mass is 226 g/mol. The molecular formula is C11H18N2O3. The van der Waals surface area contributed by atoms with Crippen LogP contribution in [-0.2, 0) is 9.53 Å². The fourth-order valence-electron chi connectivity index (χ4n) is 1.78. The van der Waals surface area contributed by atoms with Gasteiger partial charge in [-0.2, -0.15) is 0 Å². The van der Waals surface area contributed by atoms with Crippen molar-refractivity contribution in [1.29, 1.82) is 0 Å². The fourth-order valence-corrected chi connectivity index (χ4v) is 1.78. The minimum atomic E-state index is -0.626. The summed E-state index contributed by atoms with van der Waals surface area (Å²) in [5, 5.41) is 5.17. The number of carbonyl (C=O) groups is 2. The molecule has 5 nitrogen and oxygen atoms in total. The molecule has 0 unspecified atom stereocenters. The number of carbonyl (C=O) groups excluding carboxylic acids is 2. The van der Waals surface area contributed by atoms with Crippen molar-refractivity contribution in [2.24, 2.45) is 0 Å². The van der Waals surface area contributed by atoms with E-state index in [-0.39, 0.29) is 17.8 Å². The lowest BCUT2D eigenvalue weighted by Gasteiger charge is -2.22. The first kappa shape index (κ1) is 12.5. The molecule has 0 aromatic heterocycles. The predicted molar refractivity (Wildman–Crippen MR) is 59.7 cm³/mol. The molecule has 1 saturated carbocycles. The van der Waals surface area contributed by atoms with Crippen LogP contribution in [-0.4, -0.2) is 25.2 Å². The first-order valence-corrected chi connectivity index (χ1v) is 5.48. The molecule has 1 aliphatic rings. The Bertz CT molecular complexity index is 283. The maximum absolute atomic E-state index is 11.5. The molecule has 0 heterocycles. The topological polar surface area (TPSA) is 67.4 Å². The first-order valence-electron chi connectivity index (χ1n) is 5.48.